The molecule has 0 bridgehead atoms. The van der Waals surface area contributed by atoms with E-state index in [1.54, 1.807) is 7.11 Å². The van der Waals surface area contributed by atoms with Crippen molar-refractivity contribution in [2.45, 2.75) is 52.5 Å². The van der Waals surface area contributed by atoms with Crippen LogP contribution in [0.3, 0.4) is 0 Å². The summed E-state index contributed by atoms with van der Waals surface area (Å²) in [4.78, 5) is 25.4. The Kier molecular flexibility index (Phi) is 4.95. The third kappa shape index (κ3) is 2.97. The number of benzene rings is 1. The lowest BCUT2D eigenvalue weighted by Gasteiger charge is -2.29. The first-order chi connectivity index (χ1) is 12.0. The molecule has 0 fully saturated rings. The number of aromatic amines is 1. The van der Waals surface area contributed by atoms with Crippen molar-refractivity contribution >= 4 is 5.78 Å². The lowest BCUT2D eigenvalue weighted by Crippen LogP contribution is -2.23. The van der Waals surface area contributed by atoms with Crippen molar-refractivity contribution in [3.63, 3.8) is 0 Å². The second kappa shape index (κ2) is 7.00. The molecule has 3 rings (SSSR count). The molecule has 1 N–H and O–H groups in total. The molecule has 0 spiro atoms. The van der Waals surface area contributed by atoms with E-state index in [1.807, 2.05) is 19.9 Å². The second-order valence-electron chi connectivity index (χ2n) is 6.87. The van der Waals surface area contributed by atoms with E-state index in [0.717, 1.165) is 30.4 Å². The summed E-state index contributed by atoms with van der Waals surface area (Å²) in [5.74, 6) is 0.123. The third-order valence-electron chi connectivity index (χ3n) is 5.37. The Labute approximate surface area is 148 Å². The number of nitrogens with zero attached hydrogens (tertiary/aromatic N) is 1. The van der Waals surface area contributed by atoms with Gasteiger partial charge in [-0.1, -0.05) is 0 Å². The zero-order chi connectivity index (χ0) is 18.1. The molecule has 1 heterocycles. The number of hydrogen-bond acceptors (Lipinski definition) is 3. The minimum atomic E-state index is -0.254. The number of H-pyrrole nitrogens is 1. The third-order valence-corrected chi connectivity index (χ3v) is 5.37. The maximum Gasteiger partial charge on any atom is 0.277 e. The molecule has 1 aromatic carbocycles. The van der Waals surface area contributed by atoms with E-state index >= 15 is 0 Å². The van der Waals surface area contributed by atoms with Gasteiger partial charge in [-0.15, -0.1) is 0 Å². The molecule has 1 aliphatic rings. The summed E-state index contributed by atoms with van der Waals surface area (Å²) in [5, 5.41) is 2.86. The fraction of sp³-hybridized carbons (Fsp3) is 0.500. The van der Waals surface area contributed by atoms with Gasteiger partial charge in [-0.3, -0.25) is 14.3 Å². The number of hydrogen-bond donors (Lipinski definition) is 1. The number of aryl methyl sites for hydroxylation is 2. The fourth-order valence-electron chi connectivity index (χ4n) is 4.10. The van der Waals surface area contributed by atoms with Gasteiger partial charge in [0, 0.05) is 31.3 Å². The van der Waals surface area contributed by atoms with Crippen molar-refractivity contribution in [3.8, 4) is 0 Å². The van der Waals surface area contributed by atoms with E-state index in [0.29, 0.717) is 24.6 Å². The number of nitrogens with one attached hydrogen (secondary N) is 1. The van der Waals surface area contributed by atoms with Crippen molar-refractivity contribution in [2.75, 3.05) is 13.7 Å². The molecule has 0 aliphatic heterocycles. The summed E-state index contributed by atoms with van der Waals surface area (Å²) in [5.41, 5.74) is 5.33. The number of rotatable bonds is 5. The molecule has 1 aromatic heterocycles. The van der Waals surface area contributed by atoms with Crippen molar-refractivity contribution < 1.29 is 9.53 Å². The molecule has 1 unspecified atom stereocenters. The van der Waals surface area contributed by atoms with Crippen molar-refractivity contribution in [3.05, 3.63) is 56.0 Å². The van der Waals surface area contributed by atoms with E-state index < -0.39 is 0 Å². The smallest absolute Gasteiger partial charge is 0.277 e. The van der Waals surface area contributed by atoms with Crippen LogP contribution in [0.15, 0.2) is 17.1 Å². The quantitative estimate of drug-likeness (QED) is 0.849. The van der Waals surface area contributed by atoms with Crippen LogP contribution in [0, 0.1) is 13.8 Å². The average molecular weight is 342 g/mol. The first kappa shape index (κ1) is 17.7. The molecular formula is C20H26N2O3. The van der Waals surface area contributed by atoms with E-state index in [1.165, 1.54) is 22.0 Å². The topological polar surface area (TPSA) is 64.1 Å². The van der Waals surface area contributed by atoms with Gasteiger partial charge in [0.25, 0.3) is 5.56 Å². The number of carbonyl (C=O) groups is 1. The van der Waals surface area contributed by atoms with Gasteiger partial charge in [-0.05, 0) is 68.4 Å². The van der Waals surface area contributed by atoms with E-state index in [4.69, 9.17) is 4.74 Å². The summed E-state index contributed by atoms with van der Waals surface area (Å²) in [6.45, 7) is 7.12. The van der Waals surface area contributed by atoms with Crippen LogP contribution in [0.25, 0.3) is 0 Å². The molecule has 134 valence electrons. The van der Waals surface area contributed by atoms with Crippen LogP contribution < -0.4 is 5.56 Å². The van der Waals surface area contributed by atoms with E-state index in [9.17, 15) is 9.59 Å². The molecule has 5 nitrogen and oxygen atoms in total. The number of ketones is 1. The van der Waals surface area contributed by atoms with E-state index in [-0.39, 0.29) is 16.9 Å². The van der Waals surface area contributed by atoms with Gasteiger partial charge in [0.2, 0.25) is 0 Å². The van der Waals surface area contributed by atoms with Crippen LogP contribution in [0.2, 0.25) is 0 Å². The Bertz CT molecular complexity index is 861. The summed E-state index contributed by atoms with van der Waals surface area (Å²) in [6, 6.07) is 1.95. The second-order valence-corrected chi connectivity index (χ2v) is 6.87. The highest BCUT2D eigenvalue weighted by molar-refractivity contribution is 6.10. The summed E-state index contributed by atoms with van der Waals surface area (Å²) >= 11 is 0. The Hall–Kier alpha value is -2.14. The number of aromatic nitrogens is 2. The molecule has 1 aliphatic carbocycles. The average Bonchev–Trinajstić information content (AvgIpc) is 2.98. The highest BCUT2D eigenvalue weighted by atomic mass is 16.5. The van der Waals surface area contributed by atoms with Gasteiger partial charge in [-0.25, -0.2) is 0 Å². The predicted octanol–water partition coefficient (Wildman–Crippen LogP) is 3.11. The molecule has 0 saturated carbocycles. The van der Waals surface area contributed by atoms with Gasteiger partial charge in [0.15, 0.2) is 5.78 Å². The van der Waals surface area contributed by atoms with Gasteiger partial charge in [0.1, 0.15) is 5.56 Å². The van der Waals surface area contributed by atoms with Crippen LogP contribution in [0.5, 0.6) is 0 Å². The first-order valence-electron chi connectivity index (χ1n) is 8.94. The fourth-order valence-corrected chi connectivity index (χ4v) is 4.10. The van der Waals surface area contributed by atoms with Gasteiger partial charge >= 0.3 is 0 Å². The van der Waals surface area contributed by atoms with Gasteiger partial charge in [0.05, 0.1) is 6.61 Å². The van der Waals surface area contributed by atoms with Crippen LogP contribution in [0.4, 0.5) is 0 Å². The minimum absolute atomic E-state index is 0.196. The van der Waals surface area contributed by atoms with Crippen LogP contribution in [-0.2, 0) is 17.7 Å². The Morgan fingerprint density at radius 2 is 2.12 bits per heavy atom. The maximum absolute atomic E-state index is 13.1. The van der Waals surface area contributed by atoms with Gasteiger partial charge < -0.3 is 9.84 Å². The normalized spacial score (nSPS) is 16.7. The number of methoxy groups -OCH3 is 1. The van der Waals surface area contributed by atoms with E-state index in [2.05, 4.69) is 12.0 Å². The number of fused-ring (bicyclic) bond motifs is 1. The number of carbonyl (C=O) groups excluding carboxylic acids is 1. The summed E-state index contributed by atoms with van der Waals surface area (Å²) < 4.78 is 6.86. The summed E-state index contributed by atoms with van der Waals surface area (Å²) in [6.07, 6.45) is 4.79. The molecule has 1 atom stereocenters. The summed E-state index contributed by atoms with van der Waals surface area (Å²) in [7, 11) is 1.72. The SMILES string of the molecule is CCn1[nH]cc(C(=O)c2cc(C)c3c(c2C)C(COC)CCC3)c1=O. The minimum Gasteiger partial charge on any atom is -0.384 e. The zero-order valence-corrected chi connectivity index (χ0v) is 15.4. The predicted molar refractivity (Wildman–Crippen MR) is 97.6 cm³/mol. The molecule has 2 aromatic rings. The zero-order valence-electron chi connectivity index (χ0n) is 15.4. The van der Waals surface area contributed by atoms with Crippen molar-refractivity contribution in [2.24, 2.45) is 0 Å². The lowest BCUT2D eigenvalue weighted by atomic mass is 9.76. The highest BCUT2D eigenvalue weighted by Crippen LogP contribution is 2.37. The molecule has 0 radical (unpaired) electrons. The standard InChI is InChI=1S/C20H26N2O3/c1-5-22-20(24)17(10-21-22)19(23)16-9-12(2)15-8-6-7-14(11-25-4)18(15)13(16)3/h9-10,14,21H,5-8,11H2,1-4H3. The molecule has 0 saturated heterocycles. The lowest BCUT2D eigenvalue weighted by molar-refractivity contribution is 0.103. The number of ether oxygens (including phenoxy) is 1. The highest BCUT2D eigenvalue weighted by Gasteiger charge is 2.28. The Balaban J connectivity index is 2.13. The molecule has 5 heteroatoms. The van der Waals surface area contributed by atoms with Crippen LogP contribution >= 0.6 is 0 Å². The molecule has 0 amide bonds. The van der Waals surface area contributed by atoms with Crippen molar-refractivity contribution in [1.29, 1.82) is 0 Å². The Morgan fingerprint density at radius 3 is 2.76 bits per heavy atom. The maximum atomic E-state index is 13.1. The van der Waals surface area contributed by atoms with Crippen LogP contribution in [0.1, 0.15) is 63.9 Å². The first-order valence-corrected chi connectivity index (χ1v) is 8.94. The van der Waals surface area contributed by atoms with Gasteiger partial charge in [-0.2, -0.15) is 0 Å². The monoisotopic (exact) mass is 342 g/mol. The van der Waals surface area contributed by atoms with Crippen LogP contribution in [-0.4, -0.2) is 29.3 Å². The molecule has 25 heavy (non-hydrogen) atoms. The Morgan fingerprint density at radius 1 is 1.36 bits per heavy atom. The molecular weight excluding hydrogens is 316 g/mol. The van der Waals surface area contributed by atoms with Crippen molar-refractivity contribution in [1.82, 2.24) is 9.78 Å². The largest absolute Gasteiger partial charge is 0.384 e.